The smallest absolute Gasteiger partial charge is 0.240 e. The first-order chi connectivity index (χ1) is 12.7. The maximum atomic E-state index is 11.8. The normalized spacial score (nSPS) is 33.5. The molecule has 4 atom stereocenters. The minimum absolute atomic E-state index is 0.0678. The average Bonchev–Trinajstić information content (AvgIpc) is 3.15. The van der Waals surface area contributed by atoms with Crippen molar-refractivity contribution in [3.63, 3.8) is 0 Å². The summed E-state index contributed by atoms with van der Waals surface area (Å²) in [5, 5.41) is 8.50. The average molecular weight is 354 g/mol. The van der Waals surface area contributed by atoms with Crippen molar-refractivity contribution < 1.29 is 9.59 Å². The van der Waals surface area contributed by atoms with Gasteiger partial charge in [0, 0.05) is 36.1 Å². The van der Waals surface area contributed by atoms with E-state index in [0.717, 1.165) is 37.1 Å². The second-order valence-electron chi connectivity index (χ2n) is 7.76. The van der Waals surface area contributed by atoms with E-state index < -0.39 is 0 Å². The molecule has 0 aliphatic heterocycles. The van der Waals surface area contributed by atoms with E-state index in [1.165, 1.54) is 0 Å². The number of carbonyl (C=O) groups excluding carboxylic acids is 2. The summed E-state index contributed by atoms with van der Waals surface area (Å²) in [5.74, 6) is 2.19. The Kier molecular flexibility index (Phi) is 5.00. The molecule has 0 heterocycles. The van der Waals surface area contributed by atoms with Crippen LogP contribution in [0.1, 0.15) is 51.4 Å². The SMILES string of the molecule is O=C(CCCCC(=O)N/N=C1\C[C@@H]2C=CC[C@@H]12)N/N=C1/C[C@@H]2C=CC[C@@H]12. The molecule has 0 aromatic carbocycles. The van der Waals surface area contributed by atoms with Crippen LogP contribution in [0.15, 0.2) is 34.5 Å². The molecule has 0 spiro atoms. The molecule has 26 heavy (non-hydrogen) atoms. The van der Waals surface area contributed by atoms with Gasteiger partial charge >= 0.3 is 0 Å². The second kappa shape index (κ2) is 7.56. The van der Waals surface area contributed by atoms with Gasteiger partial charge in [-0.1, -0.05) is 24.3 Å². The lowest BCUT2D eigenvalue weighted by Gasteiger charge is -2.31. The van der Waals surface area contributed by atoms with E-state index in [4.69, 9.17) is 0 Å². The fraction of sp³-hybridized carbons (Fsp3) is 0.600. The van der Waals surface area contributed by atoms with E-state index in [0.29, 0.717) is 49.4 Å². The predicted octanol–water partition coefficient (Wildman–Crippen LogP) is 2.68. The van der Waals surface area contributed by atoms with Crippen LogP contribution in [0, 0.1) is 23.7 Å². The van der Waals surface area contributed by atoms with Crippen molar-refractivity contribution in [1.82, 2.24) is 10.9 Å². The van der Waals surface area contributed by atoms with Crippen LogP contribution in [-0.4, -0.2) is 23.2 Å². The van der Waals surface area contributed by atoms with Crippen molar-refractivity contribution in [2.24, 2.45) is 33.9 Å². The van der Waals surface area contributed by atoms with Gasteiger partial charge in [0.1, 0.15) is 0 Å². The first-order valence-corrected chi connectivity index (χ1v) is 9.74. The number of amides is 2. The number of nitrogens with zero attached hydrogens (tertiary/aromatic N) is 2. The van der Waals surface area contributed by atoms with Crippen LogP contribution in [-0.2, 0) is 9.59 Å². The monoisotopic (exact) mass is 354 g/mol. The summed E-state index contributed by atoms with van der Waals surface area (Å²) in [5.41, 5.74) is 7.54. The van der Waals surface area contributed by atoms with Crippen LogP contribution in [0.3, 0.4) is 0 Å². The van der Waals surface area contributed by atoms with Crippen LogP contribution < -0.4 is 10.9 Å². The summed E-state index contributed by atoms with van der Waals surface area (Å²) in [6, 6.07) is 0. The highest BCUT2D eigenvalue weighted by Crippen LogP contribution is 2.40. The maximum Gasteiger partial charge on any atom is 0.240 e. The van der Waals surface area contributed by atoms with Crippen molar-refractivity contribution >= 4 is 23.2 Å². The first kappa shape index (κ1) is 17.2. The molecule has 0 aromatic heterocycles. The summed E-state index contributed by atoms with van der Waals surface area (Å²) in [7, 11) is 0. The molecule has 6 nitrogen and oxygen atoms in total. The van der Waals surface area contributed by atoms with E-state index in [1.54, 1.807) is 0 Å². The van der Waals surface area contributed by atoms with Gasteiger partial charge in [-0.2, -0.15) is 10.2 Å². The molecule has 4 aliphatic rings. The molecular formula is C20H26N4O2. The third-order valence-electron chi connectivity index (χ3n) is 6.03. The van der Waals surface area contributed by atoms with Gasteiger partial charge in [-0.3, -0.25) is 9.59 Å². The molecule has 6 heteroatoms. The zero-order valence-corrected chi connectivity index (χ0v) is 15.0. The van der Waals surface area contributed by atoms with E-state index in [1.807, 2.05) is 0 Å². The van der Waals surface area contributed by atoms with Crippen molar-refractivity contribution in [3.8, 4) is 0 Å². The lowest BCUT2D eigenvalue weighted by molar-refractivity contribution is -0.123. The van der Waals surface area contributed by atoms with Crippen molar-refractivity contribution in [1.29, 1.82) is 0 Å². The molecule has 0 radical (unpaired) electrons. The number of nitrogens with one attached hydrogen (secondary N) is 2. The summed E-state index contributed by atoms with van der Waals surface area (Å²) >= 11 is 0. The molecule has 2 saturated carbocycles. The lowest BCUT2D eigenvalue weighted by Crippen LogP contribution is -2.35. The van der Waals surface area contributed by atoms with E-state index in [2.05, 4.69) is 45.4 Å². The number of rotatable bonds is 7. The summed E-state index contributed by atoms with van der Waals surface area (Å²) in [6.07, 6.45) is 15.1. The minimum Gasteiger partial charge on any atom is -0.273 e. The lowest BCUT2D eigenvalue weighted by atomic mass is 9.74. The summed E-state index contributed by atoms with van der Waals surface area (Å²) in [6.45, 7) is 0. The quantitative estimate of drug-likeness (QED) is 0.419. The Labute approximate surface area is 153 Å². The molecule has 0 bridgehead atoms. The Morgan fingerprint density at radius 2 is 1.31 bits per heavy atom. The molecule has 2 fully saturated rings. The number of hydrazone groups is 2. The maximum absolute atomic E-state index is 11.8. The van der Waals surface area contributed by atoms with Crippen molar-refractivity contribution in [2.75, 3.05) is 0 Å². The van der Waals surface area contributed by atoms with Crippen LogP contribution in [0.2, 0.25) is 0 Å². The summed E-state index contributed by atoms with van der Waals surface area (Å²) in [4.78, 5) is 23.7. The third-order valence-corrected chi connectivity index (χ3v) is 6.03. The summed E-state index contributed by atoms with van der Waals surface area (Å²) < 4.78 is 0. The van der Waals surface area contributed by atoms with Gasteiger partial charge in [0.15, 0.2) is 0 Å². The van der Waals surface area contributed by atoms with Crippen LogP contribution in [0.25, 0.3) is 0 Å². The van der Waals surface area contributed by atoms with Gasteiger partial charge in [-0.15, -0.1) is 0 Å². The second-order valence-corrected chi connectivity index (χ2v) is 7.76. The van der Waals surface area contributed by atoms with Crippen LogP contribution in [0.4, 0.5) is 0 Å². The predicted molar refractivity (Wildman–Crippen MR) is 100 cm³/mol. The molecule has 0 aromatic rings. The number of unbranched alkanes of at least 4 members (excludes halogenated alkanes) is 1. The number of allylic oxidation sites excluding steroid dienone is 4. The largest absolute Gasteiger partial charge is 0.273 e. The van der Waals surface area contributed by atoms with Gasteiger partial charge < -0.3 is 0 Å². The molecule has 138 valence electrons. The van der Waals surface area contributed by atoms with E-state index in [9.17, 15) is 9.59 Å². The fourth-order valence-electron chi connectivity index (χ4n) is 4.28. The Morgan fingerprint density at radius 1 is 0.846 bits per heavy atom. The molecule has 4 aliphatic carbocycles. The van der Waals surface area contributed by atoms with Crippen molar-refractivity contribution in [3.05, 3.63) is 24.3 Å². The van der Waals surface area contributed by atoms with Crippen LogP contribution in [0.5, 0.6) is 0 Å². The number of fused-ring (bicyclic) bond motifs is 2. The number of carbonyl (C=O) groups is 2. The Hall–Kier alpha value is -2.24. The van der Waals surface area contributed by atoms with Gasteiger partial charge in [0.25, 0.3) is 0 Å². The Morgan fingerprint density at radius 3 is 1.73 bits per heavy atom. The third kappa shape index (κ3) is 3.64. The molecule has 0 unspecified atom stereocenters. The molecule has 4 rings (SSSR count). The first-order valence-electron chi connectivity index (χ1n) is 9.74. The fourth-order valence-corrected chi connectivity index (χ4v) is 4.28. The van der Waals surface area contributed by atoms with Gasteiger partial charge in [-0.25, -0.2) is 10.9 Å². The highest BCUT2D eigenvalue weighted by molar-refractivity contribution is 5.95. The van der Waals surface area contributed by atoms with E-state index >= 15 is 0 Å². The Balaban J connectivity index is 1.06. The van der Waals surface area contributed by atoms with Gasteiger partial charge in [0.05, 0.1) is 0 Å². The zero-order chi connectivity index (χ0) is 17.9. The Bertz CT molecular complexity index is 647. The molecule has 0 saturated heterocycles. The number of hydrogen-bond donors (Lipinski definition) is 2. The van der Waals surface area contributed by atoms with Crippen LogP contribution >= 0.6 is 0 Å². The molecule has 2 amide bonds. The number of hydrogen-bond acceptors (Lipinski definition) is 4. The highest BCUT2D eigenvalue weighted by Gasteiger charge is 2.38. The topological polar surface area (TPSA) is 82.9 Å². The van der Waals surface area contributed by atoms with Gasteiger partial charge in [-0.05, 0) is 50.4 Å². The van der Waals surface area contributed by atoms with Gasteiger partial charge in [0.2, 0.25) is 11.8 Å². The molecule has 2 N–H and O–H groups in total. The standard InChI is InChI=1S/C20H26N4O2/c25-19(23-21-17-11-13-5-3-7-15(13)17)9-1-2-10-20(26)24-22-18-12-14-6-4-8-16(14)18/h3-6,13-16H,1-2,7-12H2,(H,23,25)(H,24,26)/b21-17-,22-18+/t13-,14-,15+,16+/m0/s1. The molecular weight excluding hydrogens is 328 g/mol. The van der Waals surface area contributed by atoms with E-state index in [-0.39, 0.29) is 11.8 Å². The zero-order valence-electron chi connectivity index (χ0n) is 15.0. The minimum atomic E-state index is -0.0678. The highest BCUT2D eigenvalue weighted by atomic mass is 16.2. The van der Waals surface area contributed by atoms with Crippen molar-refractivity contribution in [2.45, 2.75) is 51.4 Å².